The summed E-state index contributed by atoms with van der Waals surface area (Å²) in [6, 6.07) is 14.5. The summed E-state index contributed by atoms with van der Waals surface area (Å²) in [6.07, 6.45) is 0.368. The second-order valence-electron chi connectivity index (χ2n) is 11.2. The zero-order chi connectivity index (χ0) is 26.0. The molecule has 2 aromatic rings. The minimum Gasteiger partial charge on any atom is -0.541 e. The first-order valence-corrected chi connectivity index (χ1v) is 15.2. The van der Waals surface area contributed by atoms with Gasteiger partial charge in [0.25, 0.3) is 8.32 Å². The monoisotopic (exact) mass is 501 g/mol. The Morgan fingerprint density at radius 2 is 1.43 bits per heavy atom. The molecule has 1 heterocycles. The maximum Gasteiger partial charge on any atom is 0.258 e. The maximum atomic E-state index is 15.3. The van der Waals surface area contributed by atoms with Gasteiger partial charge in [-0.2, -0.15) is 0 Å². The first kappa shape index (κ1) is 27.8. The Morgan fingerprint density at radius 1 is 0.886 bits per heavy atom. The van der Waals surface area contributed by atoms with E-state index in [-0.39, 0.29) is 6.04 Å². The fourth-order valence-corrected chi connectivity index (χ4v) is 11.4. The van der Waals surface area contributed by atoms with Gasteiger partial charge < -0.3 is 14.6 Å². The highest BCUT2D eigenvalue weighted by atomic mass is 28.4. The SMILES string of the molecule is CC(C)[Si](Oc1ccc(C(O)[C@@H](C)N2CCC(O)(c3ccccc3)CC2)cc1F)(C(C)C)C(C)C. The van der Waals surface area contributed by atoms with Crippen LogP contribution in [0, 0.1) is 5.82 Å². The number of piperidine rings is 1. The standard InChI is InChI=1S/C29H44FNO3Si/c1-20(2)35(21(3)4,22(5)6)34-27-14-13-24(19-26(27)30)28(32)23(7)31-17-15-29(33,16-18-31)25-11-9-8-10-12-25/h8-14,19-23,28,32-33H,15-18H2,1-7H3/t23-,28?/m1/s1. The van der Waals surface area contributed by atoms with E-state index in [4.69, 9.17) is 4.43 Å². The highest BCUT2D eigenvalue weighted by molar-refractivity contribution is 6.78. The molecule has 2 aromatic carbocycles. The van der Waals surface area contributed by atoms with Gasteiger partial charge in [0.15, 0.2) is 5.82 Å². The molecule has 3 rings (SSSR count). The molecule has 1 aliphatic rings. The zero-order valence-electron chi connectivity index (χ0n) is 22.5. The Bertz CT molecular complexity index is 936. The van der Waals surface area contributed by atoms with Gasteiger partial charge in [-0.25, -0.2) is 4.39 Å². The Morgan fingerprint density at radius 3 is 1.91 bits per heavy atom. The van der Waals surface area contributed by atoms with Gasteiger partial charge in [0, 0.05) is 19.1 Å². The predicted molar refractivity (Wildman–Crippen MR) is 144 cm³/mol. The molecule has 1 unspecified atom stereocenters. The van der Waals surface area contributed by atoms with Crippen LogP contribution in [0.15, 0.2) is 48.5 Å². The average molecular weight is 502 g/mol. The van der Waals surface area contributed by atoms with Crippen molar-refractivity contribution in [3.63, 3.8) is 0 Å². The molecule has 0 aliphatic carbocycles. The van der Waals surface area contributed by atoms with Gasteiger partial charge in [0.1, 0.15) is 5.75 Å². The molecule has 35 heavy (non-hydrogen) atoms. The smallest absolute Gasteiger partial charge is 0.258 e. The molecule has 194 valence electrons. The Balaban J connectivity index is 1.71. The molecule has 1 saturated heterocycles. The first-order chi connectivity index (χ1) is 16.4. The first-order valence-electron chi connectivity index (χ1n) is 13.1. The third-order valence-electron chi connectivity index (χ3n) is 8.26. The molecule has 0 aromatic heterocycles. The Kier molecular flexibility index (Phi) is 8.85. The number of halogens is 1. The molecule has 2 atom stereocenters. The fourth-order valence-electron chi connectivity index (χ4n) is 6.14. The molecule has 0 radical (unpaired) electrons. The van der Waals surface area contributed by atoms with E-state index in [0.717, 1.165) is 5.56 Å². The lowest BCUT2D eigenvalue weighted by atomic mass is 9.83. The average Bonchev–Trinajstić information content (AvgIpc) is 2.82. The highest BCUT2D eigenvalue weighted by Gasteiger charge is 2.47. The van der Waals surface area contributed by atoms with Gasteiger partial charge in [-0.05, 0) is 59.6 Å². The van der Waals surface area contributed by atoms with Crippen LogP contribution < -0.4 is 4.43 Å². The van der Waals surface area contributed by atoms with Gasteiger partial charge in [-0.3, -0.25) is 4.90 Å². The molecular formula is C29H44FNO3Si. The van der Waals surface area contributed by atoms with Crippen LogP contribution in [0.3, 0.4) is 0 Å². The summed E-state index contributed by atoms with van der Waals surface area (Å²) in [5.41, 5.74) is 1.70. The lowest BCUT2D eigenvalue weighted by molar-refractivity contribution is -0.0502. The quantitative estimate of drug-likeness (QED) is 0.372. The summed E-state index contributed by atoms with van der Waals surface area (Å²) in [5, 5.41) is 22.2. The van der Waals surface area contributed by atoms with Crippen molar-refractivity contribution in [3.8, 4) is 5.75 Å². The van der Waals surface area contributed by atoms with Crippen molar-refractivity contribution in [1.82, 2.24) is 4.90 Å². The largest absolute Gasteiger partial charge is 0.541 e. The number of likely N-dealkylation sites (tertiary alicyclic amines) is 1. The molecule has 2 N–H and O–H groups in total. The van der Waals surface area contributed by atoms with E-state index in [0.29, 0.717) is 53.9 Å². The normalized spacial score (nSPS) is 18.8. The van der Waals surface area contributed by atoms with Crippen LogP contribution in [0.25, 0.3) is 0 Å². The Labute approximate surface area is 212 Å². The number of nitrogens with zero attached hydrogens (tertiary/aromatic N) is 1. The zero-order valence-corrected chi connectivity index (χ0v) is 23.5. The van der Waals surface area contributed by atoms with E-state index < -0.39 is 25.8 Å². The minimum atomic E-state index is -2.27. The molecular weight excluding hydrogens is 457 g/mol. The van der Waals surface area contributed by atoms with Crippen LogP contribution in [-0.2, 0) is 5.60 Å². The fraction of sp³-hybridized carbons (Fsp3) is 0.586. The lowest BCUT2D eigenvalue weighted by Gasteiger charge is -2.42. The number of aliphatic hydroxyl groups excluding tert-OH is 1. The molecule has 1 aliphatic heterocycles. The molecule has 4 nitrogen and oxygen atoms in total. The van der Waals surface area contributed by atoms with Crippen LogP contribution in [0.4, 0.5) is 4.39 Å². The van der Waals surface area contributed by atoms with Crippen LogP contribution in [0.5, 0.6) is 5.75 Å². The predicted octanol–water partition coefficient (Wildman–Crippen LogP) is 6.79. The van der Waals surface area contributed by atoms with E-state index in [1.54, 1.807) is 12.1 Å². The second-order valence-corrected chi connectivity index (χ2v) is 16.6. The van der Waals surface area contributed by atoms with Crippen LogP contribution >= 0.6 is 0 Å². The van der Waals surface area contributed by atoms with E-state index in [9.17, 15) is 10.2 Å². The number of benzene rings is 2. The number of hydrogen-bond acceptors (Lipinski definition) is 4. The van der Waals surface area contributed by atoms with E-state index in [1.807, 2.05) is 37.3 Å². The van der Waals surface area contributed by atoms with E-state index in [1.165, 1.54) is 6.07 Å². The topological polar surface area (TPSA) is 52.9 Å². The van der Waals surface area contributed by atoms with E-state index in [2.05, 4.69) is 46.4 Å². The van der Waals surface area contributed by atoms with Gasteiger partial charge >= 0.3 is 0 Å². The second kappa shape index (κ2) is 11.1. The number of hydrogen-bond donors (Lipinski definition) is 2. The molecule has 1 fully saturated rings. The Hall–Kier alpha value is -1.73. The van der Waals surface area contributed by atoms with Gasteiger partial charge in [-0.15, -0.1) is 0 Å². The molecule has 0 amide bonds. The van der Waals surface area contributed by atoms with E-state index >= 15 is 4.39 Å². The van der Waals surface area contributed by atoms with Crippen molar-refractivity contribution in [2.45, 2.75) is 95.7 Å². The van der Waals surface area contributed by atoms with Crippen molar-refractivity contribution in [2.75, 3.05) is 13.1 Å². The summed E-state index contributed by atoms with van der Waals surface area (Å²) >= 11 is 0. The van der Waals surface area contributed by atoms with Crippen LogP contribution in [0.1, 0.15) is 78.5 Å². The van der Waals surface area contributed by atoms with Crippen LogP contribution in [0.2, 0.25) is 16.6 Å². The van der Waals surface area contributed by atoms with Crippen molar-refractivity contribution < 1.29 is 19.0 Å². The molecule has 0 bridgehead atoms. The van der Waals surface area contributed by atoms with Crippen LogP contribution in [-0.4, -0.2) is 42.6 Å². The van der Waals surface area contributed by atoms with Gasteiger partial charge in [-0.1, -0.05) is 77.9 Å². The third kappa shape index (κ3) is 5.66. The summed E-state index contributed by atoms with van der Waals surface area (Å²) < 4.78 is 21.8. The maximum absolute atomic E-state index is 15.3. The molecule has 0 spiro atoms. The highest BCUT2D eigenvalue weighted by Crippen LogP contribution is 2.43. The summed E-state index contributed by atoms with van der Waals surface area (Å²) in [5.74, 6) is -0.119. The van der Waals surface area contributed by atoms with Crippen molar-refractivity contribution in [2.24, 2.45) is 0 Å². The van der Waals surface area contributed by atoms with Gasteiger partial charge in [0.05, 0.1) is 11.7 Å². The number of rotatable bonds is 9. The van der Waals surface area contributed by atoms with Crippen molar-refractivity contribution in [1.29, 1.82) is 0 Å². The third-order valence-corrected chi connectivity index (χ3v) is 14.2. The van der Waals surface area contributed by atoms with Crippen molar-refractivity contribution in [3.05, 3.63) is 65.5 Å². The van der Waals surface area contributed by atoms with Crippen molar-refractivity contribution >= 4 is 8.32 Å². The van der Waals surface area contributed by atoms with Gasteiger partial charge in [0.2, 0.25) is 0 Å². The summed E-state index contributed by atoms with van der Waals surface area (Å²) in [6.45, 7) is 16.4. The summed E-state index contributed by atoms with van der Waals surface area (Å²) in [7, 11) is -2.27. The molecule has 6 heteroatoms. The number of aliphatic hydroxyl groups is 2. The lowest BCUT2D eigenvalue weighted by Crippen LogP contribution is -2.50. The molecule has 0 saturated carbocycles. The minimum absolute atomic E-state index is 0.197. The summed E-state index contributed by atoms with van der Waals surface area (Å²) in [4.78, 5) is 2.18.